The first-order valence-corrected chi connectivity index (χ1v) is 11.8. The second kappa shape index (κ2) is 9.85. The predicted octanol–water partition coefficient (Wildman–Crippen LogP) is 4.67. The highest BCUT2D eigenvalue weighted by atomic mass is 32.2. The van der Waals surface area contributed by atoms with E-state index in [-0.39, 0.29) is 6.04 Å². The Labute approximate surface area is 197 Å². The minimum absolute atomic E-state index is 0.220. The van der Waals surface area contributed by atoms with Crippen LogP contribution in [0.5, 0.6) is 23.0 Å². The van der Waals surface area contributed by atoms with Gasteiger partial charge in [-0.2, -0.15) is 0 Å². The largest absolute Gasteiger partial charge is 0.493 e. The summed E-state index contributed by atoms with van der Waals surface area (Å²) in [7, 11) is 4.92. The zero-order valence-electron chi connectivity index (χ0n) is 19.3. The lowest BCUT2D eigenvalue weighted by molar-refractivity contribution is 0.158. The maximum absolute atomic E-state index is 12.9. The quantitative estimate of drug-likeness (QED) is 0.526. The summed E-state index contributed by atoms with van der Waals surface area (Å²) in [6.45, 7) is 8.97. The van der Waals surface area contributed by atoms with Crippen molar-refractivity contribution < 1.29 is 22.6 Å². The molecule has 4 rings (SSSR count). The van der Waals surface area contributed by atoms with Crippen LogP contribution in [0.15, 0.2) is 60.6 Å². The second-order valence-corrected chi connectivity index (χ2v) is 9.02. The molecule has 0 aromatic heterocycles. The first-order chi connectivity index (χ1) is 16.0. The summed E-state index contributed by atoms with van der Waals surface area (Å²) in [5.74, 6) is 2.58. The molecular weight excluding hydrogens is 438 g/mol. The fraction of sp³-hybridized carbons (Fsp3) is 0.308. The molecule has 7 heteroatoms. The molecule has 0 fully saturated rings. The summed E-state index contributed by atoms with van der Waals surface area (Å²) in [5.41, 5.74) is 4.70. The fourth-order valence-electron chi connectivity index (χ4n) is 4.62. The molecule has 0 saturated carbocycles. The molecule has 0 aliphatic carbocycles. The molecule has 2 aromatic carbocycles. The second-order valence-electron chi connectivity index (χ2n) is 7.91. The maximum Gasteiger partial charge on any atom is 0.240 e. The molecule has 2 atom stereocenters. The first kappa shape index (κ1) is 23.1. The summed E-state index contributed by atoms with van der Waals surface area (Å²) in [4.78, 5) is 2.88. The smallest absolute Gasteiger partial charge is 0.240 e. The van der Waals surface area contributed by atoms with Gasteiger partial charge >= 0.3 is 0 Å². The molecule has 0 radical (unpaired) electrons. The molecule has 174 valence electrons. The normalized spacial score (nSPS) is 18.3. The van der Waals surface area contributed by atoms with Gasteiger partial charge in [0, 0.05) is 24.7 Å². The Hall–Kier alpha value is -3.03. The predicted molar refractivity (Wildman–Crippen MR) is 130 cm³/mol. The van der Waals surface area contributed by atoms with Crippen molar-refractivity contribution in [2.75, 3.05) is 27.9 Å². The van der Waals surface area contributed by atoms with Crippen LogP contribution in [-0.2, 0) is 30.5 Å². The van der Waals surface area contributed by atoms with Gasteiger partial charge in [-0.05, 0) is 59.9 Å². The van der Waals surface area contributed by atoms with Crippen LogP contribution < -0.4 is 18.4 Å². The molecule has 0 spiro atoms. The van der Waals surface area contributed by atoms with E-state index in [1.165, 1.54) is 17.2 Å². The van der Waals surface area contributed by atoms with Gasteiger partial charge in [-0.25, -0.2) is 4.21 Å². The Kier molecular flexibility index (Phi) is 6.91. The highest BCUT2D eigenvalue weighted by molar-refractivity contribution is 7.84. The third kappa shape index (κ3) is 4.30. The molecule has 33 heavy (non-hydrogen) atoms. The lowest BCUT2D eigenvalue weighted by atomic mass is 9.83. The number of ether oxygens (including phenoxy) is 3. The summed E-state index contributed by atoms with van der Waals surface area (Å²) in [6.07, 6.45) is 6.43. The van der Waals surface area contributed by atoms with Crippen molar-refractivity contribution in [1.29, 1.82) is 0 Å². The van der Waals surface area contributed by atoms with Crippen LogP contribution in [-0.4, -0.2) is 37.0 Å². The minimum Gasteiger partial charge on any atom is -0.493 e. The van der Waals surface area contributed by atoms with Gasteiger partial charge in [-0.3, -0.25) is 4.90 Å². The maximum atomic E-state index is 12.9. The fourth-order valence-corrected chi connectivity index (χ4v) is 5.39. The molecule has 0 saturated heterocycles. The van der Waals surface area contributed by atoms with Gasteiger partial charge in [0.15, 0.2) is 23.0 Å². The number of rotatable bonds is 8. The Balaban J connectivity index is 1.72. The van der Waals surface area contributed by atoms with Gasteiger partial charge in [0.1, 0.15) is 0 Å². The minimum atomic E-state index is -1.73. The molecule has 0 bridgehead atoms. The van der Waals surface area contributed by atoms with Gasteiger partial charge < -0.3 is 18.4 Å². The molecule has 2 aliphatic heterocycles. The van der Waals surface area contributed by atoms with Crippen molar-refractivity contribution in [2.45, 2.75) is 25.4 Å². The van der Waals surface area contributed by atoms with Gasteiger partial charge in [0.25, 0.3) is 0 Å². The third-order valence-corrected chi connectivity index (χ3v) is 7.27. The van der Waals surface area contributed by atoms with E-state index >= 15 is 0 Å². The number of benzene rings is 2. The van der Waals surface area contributed by atoms with E-state index < -0.39 is 11.1 Å². The van der Waals surface area contributed by atoms with Gasteiger partial charge in [0.05, 0.1) is 26.2 Å². The van der Waals surface area contributed by atoms with Crippen LogP contribution in [0.1, 0.15) is 28.3 Å². The van der Waals surface area contributed by atoms with Crippen molar-refractivity contribution in [3.8, 4) is 23.0 Å². The summed E-state index contributed by atoms with van der Waals surface area (Å²) in [6, 6.07) is 8.36. The van der Waals surface area contributed by atoms with E-state index in [4.69, 9.17) is 18.4 Å². The number of methoxy groups -OCH3 is 3. The van der Waals surface area contributed by atoms with Crippen LogP contribution in [0.3, 0.4) is 0 Å². The zero-order chi connectivity index (χ0) is 23.5. The number of allylic oxidation sites excluding steroid dienone is 3. The average molecular weight is 468 g/mol. The SMILES string of the molecule is C=C/C=C(\C=C)S(=O)Oc1c(OC)ccc2c1CN1CCc3cc(OC)c(OC)cc3C1C2. The molecule has 2 heterocycles. The average Bonchev–Trinajstić information content (AvgIpc) is 2.85. The standard InChI is InChI=1S/C26H29NO5S/c1-6-8-19(7-2)33(28)32-26-21-16-27-12-11-18-14-24(30-4)25(31-5)15-20(18)22(27)13-17(21)9-10-23(26)29-3/h6-10,14-15,22H,1-2,11-13,16H2,3-5H3/b19-8+. The summed E-state index contributed by atoms with van der Waals surface area (Å²) < 4.78 is 35.5. The lowest BCUT2D eigenvalue weighted by Crippen LogP contribution is -2.39. The van der Waals surface area contributed by atoms with Gasteiger partial charge in [0.2, 0.25) is 11.1 Å². The zero-order valence-corrected chi connectivity index (χ0v) is 20.1. The third-order valence-electron chi connectivity index (χ3n) is 6.26. The van der Waals surface area contributed by atoms with E-state index in [1.807, 2.05) is 6.07 Å². The molecule has 2 aromatic rings. The van der Waals surface area contributed by atoms with E-state index in [1.54, 1.807) is 33.5 Å². The van der Waals surface area contributed by atoms with Crippen molar-refractivity contribution in [2.24, 2.45) is 0 Å². The van der Waals surface area contributed by atoms with Gasteiger partial charge in [-0.15, -0.1) is 0 Å². The van der Waals surface area contributed by atoms with Crippen molar-refractivity contribution in [3.05, 3.63) is 82.8 Å². The number of fused-ring (bicyclic) bond motifs is 4. The highest BCUT2D eigenvalue weighted by Crippen LogP contribution is 2.46. The number of hydrogen-bond donors (Lipinski definition) is 0. The van der Waals surface area contributed by atoms with Crippen LogP contribution in [0.2, 0.25) is 0 Å². The molecule has 0 N–H and O–H groups in total. The highest BCUT2D eigenvalue weighted by Gasteiger charge is 2.35. The number of nitrogens with zero attached hydrogens (tertiary/aromatic N) is 1. The summed E-state index contributed by atoms with van der Waals surface area (Å²) in [5, 5.41) is 0. The molecule has 0 amide bonds. The topological polar surface area (TPSA) is 57.2 Å². The van der Waals surface area contributed by atoms with E-state index in [2.05, 4.69) is 36.3 Å². The molecular formula is C26H29NO5S. The van der Waals surface area contributed by atoms with Crippen LogP contribution in [0.4, 0.5) is 0 Å². The Morgan fingerprint density at radius 3 is 2.45 bits per heavy atom. The first-order valence-electron chi connectivity index (χ1n) is 10.8. The van der Waals surface area contributed by atoms with Crippen molar-refractivity contribution in [1.82, 2.24) is 4.90 Å². The number of hydrogen-bond acceptors (Lipinski definition) is 6. The summed E-state index contributed by atoms with van der Waals surface area (Å²) >= 11 is -1.73. The molecule has 2 aliphatic rings. The lowest BCUT2D eigenvalue weighted by Gasteiger charge is -2.42. The van der Waals surface area contributed by atoms with Crippen LogP contribution in [0.25, 0.3) is 0 Å². The Morgan fingerprint density at radius 1 is 1.06 bits per heavy atom. The molecule has 2 unspecified atom stereocenters. The van der Waals surface area contributed by atoms with E-state index in [9.17, 15) is 4.21 Å². The van der Waals surface area contributed by atoms with Crippen molar-refractivity contribution in [3.63, 3.8) is 0 Å². The molecule has 6 nitrogen and oxygen atoms in total. The Bertz CT molecular complexity index is 1140. The monoisotopic (exact) mass is 467 g/mol. The van der Waals surface area contributed by atoms with E-state index in [0.29, 0.717) is 22.9 Å². The van der Waals surface area contributed by atoms with Gasteiger partial charge in [-0.1, -0.05) is 25.3 Å². The van der Waals surface area contributed by atoms with Crippen LogP contribution in [0, 0.1) is 0 Å². The van der Waals surface area contributed by atoms with E-state index in [0.717, 1.165) is 42.0 Å². The van der Waals surface area contributed by atoms with Crippen LogP contribution >= 0.6 is 0 Å². The van der Waals surface area contributed by atoms with Crippen molar-refractivity contribution >= 4 is 11.1 Å². The Morgan fingerprint density at radius 2 is 1.79 bits per heavy atom.